The monoisotopic (exact) mass is 203 g/mol. The van der Waals surface area contributed by atoms with Crippen molar-refractivity contribution in [3.8, 4) is 0 Å². The summed E-state index contributed by atoms with van der Waals surface area (Å²) in [5.41, 5.74) is 0. The normalized spacial score (nSPS) is 17.9. The Morgan fingerprint density at radius 3 is 2.07 bits per heavy atom. The molecule has 3 N–H and O–H groups in total. The Morgan fingerprint density at radius 2 is 1.79 bits per heavy atom. The number of nitrogens with one attached hydrogen (secondary N) is 1. The van der Waals surface area contributed by atoms with Crippen LogP contribution in [-0.2, 0) is 4.79 Å². The lowest BCUT2D eigenvalue weighted by atomic mass is 9.99. The second kappa shape index (κ2) is 5.98. The lowest BCUT2D eigenvalue weighted by Gasteiger charge is -2.26. The summed E-state index contributed by atoms with van der Waals surface area (Å²) in [6.45, 7) is 7.50. The number of rotatable bonds is 6. The maximum Gasteiger partial charge on any atom is 0.307 e. The summed E-state index contributed by atoms with van der Waals surface area (Å²) in [5.74, 6) is -0.961. The van der Waals surface area contributed by atoms with Crippen molar-refractivity contribution in [2.45, 2.75) is 39.8 Å². The molecule has 3 atom stereocenters. The Labute approximate surface area is 85.3 Å². The zero-order valence-electron chi connectivity index (χ0n) is 9.32. The summed E-state index contributed by atoms with van der Waals surface area (Å²) in [5, 5.41) is 20.9. The zero-order chi connectivity index (χ0) is 11.3. The molecule has 84 valence electrons. The van der Waals surface area contributed by atoms with Crippen LogP contribution in [0.2, 0.25) is 0 Å². The predicted molar refractivity (Wildman–Crippen MR) is 55.1 cm³/mol. The van der Waals surface area contributed by atoms with Crippen LogP contribution in [0.3, 0.4) is 0 Å². The van der Waals surface area contributed by atoms with Gasteiger partial charge in [0.2, 0.25) is 0 Å². The van der Waals surface area contributed by atoms with E-state index in [1.165, 1.54) is 0 Å². The number of aliphatic carboxylic acids is 1. The second-order valence-electron chi connectivity index (χ2n) is 4.12. The molecule has 0 aromatic heterocycles. The van der Waals surface area contributed by atoms with Crippen LogP contribution >= 0.6 is 0 Å². The van der Waals surface area contributed by atoms with E-state index in [1.54, 1.807) is 6.92 Å². The molecule has 0 aliphatic heterocycles. The molecule has 0 radical (unpaired) electrons. The highest BCUT2D eigenvalue weighted by Crippen LogP contribution is 2.07. The fourth-order valence-corrected chi connectivity index (χ4v) is 1.15. The Hall–Kier alpha value is -0.610. The number of hydrogen-bond acceptors (Lipinski definition) is 3. The molecule has 2 unspecified atom stereocenters. The van der Waals surface area contributed by atoms with Crippen LogP contribution in [0, 0.1) is 11.8 Å². The molecule has 0 aliphatic rings. The summed E-state index contributed by atoms with van der Waals surface area (Å²) in [6.07, 6.45) is 0. The average Bonchev–Trinajstić information content (AvgIpc) is 2.11. The summed E-state index contributed by atoms with van der Waals surface area (Å²) in [4.78, 5) is 10.7. The molecule has 0 rings (SSSR count). The lowest BCUT2D eigenvalue weighted by molar-refractivity contribution is -0.142. The molecule has 0 heterocycles. The van der Waals surface area contributed by atoms with Crippen molar-refractivity contribution in [1.29, 1.82) is 0 Å². The molecule has 0 amide bonds. The third kappa shape index (κ3) is 4.07. The highest BCUT2D eigenvalue weighted by molar-refractivity contribution is 5.70. The number of carbonyl (C=O) groups is 1. The second-order valence-corrected chi connectivity index (χ2v) is 4.12. The van der Waals surface area contributed by atoms with E-state index in [2.05, 4.69) is 5.32 Å². The van der Waals surface area contributed by atoms with Gasteiger partial charge < -0.3 is 15.5 Å². The van der Waals surface area contributed by atoms with Gasteiger partial charge in [-0.2, -0.15) is 0 Å². The van der Waals surface area contributed by atoms with Crippen LogP contribution in [-0.4, -0.2) is 34.9 Å². The minimum atomic E-state index is -0.814. The third-order valence-corrected chi connectivity index (χ3v) is 2.62. The number of hydrogen-bond donors (Lipinski definition) is 3. The molecule has 0 aromatic carbocycles. The van der Waals surface area contributed by atoms with Crippen LogP contribution in [0.5, 0.6) is 0 Å². The van der Waals surface area contributed by atoms with Crippen molar-refractivity contribution < 1.29 is 15.0 Å². The molecular weight excluding hydrogens is 182 g/mol. The molecular formula is C10H21NO3. The molecule has 14 heavy (non-hydrogen) atoms. The van der Waals surface area contributed by atoms with E-state index in [1.807, 2.05) is 20.8 Å². The third-order valence-electron chi connectivity index (χ3n) is 2.62. The Morgan fingerprint density at radius 1 is 1.29 bits per heavy atom. The van der Waals surface area contributed by atoms with Gasteiger partial charge in [-0.05, 0) is 12.8 Å². The van der Waals surface area contributed by atoms with Gasteiger partial charge in [0.25, 0.3) is 0 Å². The van der Waals surface area contributed by atoms with Gasteiger partial charge >= 0.3 is 5.97 Å². The topological polar surface area (TPSA) is 69.6 Å². The minimum absolute atomic E-state index is 0.0354. The minimum Gasteiger partial charge on any atom is -0.481 e. The van der Waals surface area contributed by atoms with Gasteiger partial charge in [0.05, 0.1) is 12.5 Å². The maximum atomic E-state index is 10.7. The van der Waals surface area contributed by atoms with Gasteiger partial charge in [-0.3, -0.25) is 4.79 Å². The van der Waals surface area contributed by atoms with Crippen LogP contribution in [0.15, 0.2) is 0 Å². The van der Waals surface area contributed by atoms with Crippen molar-refractivity contribution >= 4 is 5.97 Å². The SMILES string of the molecule is CC(N[C@H](CO)C(C)C)C(C)C(=O)O. The number of carboxylic acids is 1. The van der Waals surface area contributed by atoms with Crippen LogP contribution in [0.25, 0.3) is 0 Å². The average molecular weight is 203 g/mol. The summed E-state index contributed by atoms with van der Waals surface area (Å²) < 4.78 is 0. The van der Waals surface area contributed by atoms with Crippen LogP contribution in [0.1, 0.15) is 27.7 Å². The summed E-state index contributed by atoms with van der Waals surface area (Å²) >= 11 is 0. The Bertz CT molecular complexity index is 182. The van der Waals surface area contributed by atoms with E-state index in [0.29, 0.717) is 5.92 Å². The lowest BCUT2D eigenvalue weighted by Crippen LogP contribution is -2.46. The van der Waals surface area contributed by atoms with E-state index in [9.17, 15) is 4.79 Å². The number of aliphatic hydroxyl groups excluding tert-OH is 1. The fraction of sp³-hybridized carbons (Fsp3) is 0.900. The number of aliphatic hydroxyl groups is 1. The quantitative estimate of drug-likeness (QED) is 0.594. The van der Waals surface area contributed by atoms with Gasteiger partial charge in [0, 0.05) is 12.1 Å². The molecule has 0 saturated carbocycles. The summed E-state index contributed by atoms with van der Waals surface area (Å²) in [6, 6.07) is -0.168. The van der Waals surface area contributed by atoms with Gasteiger partial charge in [0.15, 0.2) is 0 Å². The Balaban J connectivity index is 4.14. The molecule has 0 saturated heterocycles. The standard InChI is InChI=1S/C10H21NO3/c1-6(2)9(5-12)11-8(4)7(3)10(13)14/h6-9,11-12H,5H2,1-4H3,(H,13,14)/t7?,8?,9-/m1/s1. The van der Waals surface area contributed by atoms with Crippen molar-refractivity contribution in [2.24, 2.45) is 11.8 Å². The van der Waals surface area contributed by atoms with Crippen molar-refractivity contribution in [3.05, 3.63) is 0 Å². The fourth-order valence-electron chi connectivity index (χ4n) is 1.15. The number of carboxylic acid groups (broad SMARTS) is 1. The highest BCUT2D eigenvalue weighted by atomic mass is 16.4. The smallest absolute Gasteiger partial charge is 0.307 e. The van der Waals surface area contributed by atoms with Crippen molar-refractivity contribution in [3.63, 3.8) is 0 Å². The highest BCUT2D eigenvalue weighted by Gasteiger charge is 2.22. The van der Waals surface area contributed by atoms with Crippen LogP contribution in [0.4, 0.5) is 0 Å². The molecule has 4 nitrogen and oxygen atoms in total. The predicted octanol–water partition coefficient (Wildman–Crippen LogP) is 0.702. The molecule has 0 fully saturated rings. The van der Waals surface area contributed by atoms with E-state index in [-0.39, 0.29) is 18.7 Å². The molecule has 0 aliphatic carbocycles. The Kier molecular flexibility index (Phi) is 5.72. The van der Waals surface area contributed by atoms with E-state index < -0.39 is 11.9 Å². The van der Waals surface area contributed by atoms with E-state index in [4.69, 9.17) is 10.2 Å². The van der Waals surface area contributed by atoms with Crippen LogP contribution < -0.4 is 5.32 Å². The first-order valence-corrected chi connectivity index (χ1v) is 4.99. The van der Waals surface area contributed by atoms with Gasteiger partial charge in [-0.1, -0.05) is 20.8 Å². The van der Waals surface area contributed by atoms with Gasteiger partial charge in [0.1, 0.15) is 0 Å². The first kappa shape index (κ1) is 13.4. The van der Waals surface area contributed by atoms with Crippen molar-refractivity contribution in [1.82, 2.24) is 5.32 Å². The maximum absolute atomic E-state index is 10.7. The largest absolute Gasteiger partial charge is 0.481 e. The molecule has 0 bridgehead atoms. The van der Waals surface area contributed by atoms with E-state index in [0.717, 1.165) is 0 Å². The molecule has 0 aromatic rings. The first-order valence-electron chi connectivity index (χ1n) is 4.99. The van der Waals surface area contributed by atoms with Gasteiger partial charge in [-0.15, -0.1) is 0 Å². The molecule has 4 heteroatoms. The van der Waals surface area contributed by atoms with Crippen molar-refractivity contribution in [2.75, 3.05) is 6.61 Å². The zero-order valence-corrected chi connectivity index (χ0v) is 9.32. The summed E-state index contributed by atoms with van der Waals surface area (Å²) in [7, 11) is 0. The molecule has 0 spiro atoms. The van der Waals surface area contributed by atoms with Gasteiger partial charge in [-0.25, -0.2) is 0 Å². The first-order chi connectivity index (χ1) is 6.40. The van der Waals surface area contributed by atoms with E-state index >= 15 is 0 Å².